The SMILES string of the molecule is CCCCOCCOCCOCc1ccccc1.O=C(O)CCC(=O)O. The Morgan fingerprint density at radius 2 is 1.31 bits per heavy atom. The molecular weight excluding hydrogens is 340 g/mol. The number of hydrogen-bond acceptors (Lipinski definition) is 5. The molecule has 0 aromatic heterocycles. The lowest BCUT2D eigenvalue weighted by Gasteiger charge is -2.06. The van der Waals surface area contributed by atoms with Gasteiger partial charge in [-0.15, -0.1) is 0 Å². The number of aliphatic carboxylic acids is 2. The van der Waals surface area contributed by atoms with E-state index in [-0.39, 0.29) is 12.8 Å². The number of benzene rings is 1. The molecule has 0 spiro atoms. The first-order valence-corrected chi connectivity index (χ1v) is 8.77. The molecule has 7 heteroatoms. The van der Waals surface area contributed by atoms with Gasteiger partial charge in [0.15, 0.2) is 0 Å². The first kappa shape index (κ1) is 24.0. The Kier molecular flexibility index (Phi) is 16.5. The van der Waals surface area contributed by atoms with E-state index in [2.05, 4.69) is 19.1 Å². The molecule has 0 radical (unpaired) electrons. The van der Waals surface area contributed by atoms with Gasteiger partial charge in [0.05, 0.1) is 45.9 Å². The van der Waals surface area contributed by atoms with Crippen LogP contribution in [0.15, 0.2) is 30.3 Å². The Labute approximate surface area is 154 Å². The van der Waals surface area contributed by atoms with Crippen LogP contribution in [0.2, 0.25) is 0 Å². The predicted molar refractivity (Wildman–Crippen MR) is 97.1 cm³/mol. The van der Waals surface area contributed by atoms with Crippen LogP contribution in [-0.2, 0) is 30.4 Å². The fourth-order valence-corrected chi connectivity index (χ4v) is 1.66. The number of carboxylic acids is 2. The summed E-state index contributed by atoms with van der Waals surface area (Å²) in [4.78, 5) is 19.3. The molecule has 0 amide bonds. The quantitative estimate of drug-likeness (QED) is 0.485. The minimum absolute atomic E-state index is 0.296. The summed E-state index contributed by atoms with van der Waals surface area (Å²) in [5.74, 6) is -2.15. The zero-order chi connectivity index (χ0) is 19.5. The number of hydrogen-bond donors (Lipinski definition) is 2. The van der Waals surface area contributed by atoms with Gasteiger partial charge in [-0.3, -0.25) is 9.59 Å². The van der Waals surface area contributed by atoms with E-state index in [1.165, 1.54) is 12.0 Å². The molecule has 0 fully saturated rings. The van der Waals surface area contributed by atoms with Crippen LogP contribution < -0.4 is 0 Å². The van der Waals surface area contributed by atoms with Crippen LogP contribution in [0.4, 0.5) is 0 Å². The highest BCUT2D eigenvalue weighted by molar-refractivity contribution is 5.75. The molecule has 1 aromatic carbocycles. The van der Waals surface area contributed by atoms with E-state index in [1.807, 2.05) is 18.2 Å². The highest BCUT2D eigenvalue weighted by Gasteiger charge is 2.00. The highest BCUT2D eigenvalue weighted by Crippen LogP contribution is 1.99. The molecule has 1 aromatic rings. The van der Waals surface area contributed by atoms with Crippen LogP contribution in [0.25, 0.3) is 0 Å². The van der Waals surface area contributed by atoms with Crippen molar-refractivity contribution in [1.29, 1.82) is 0 Å². The first-order chi connectivity index (χ1) is 12.6. The maximum absolute atomic E-state index is 9.64. The third kappa shape index (κ3) is 18.4. The van der Waals surface area contributed by atoms with E-state index in [4.69, 9.17) is 24.4 Å². The molecule has 2 N–H and O–H groups in total. The largest absolute Gasteiger partial charge is 0.481 e. The fraction of sp³-hybridized carbons (Fsp3) is 0.579. The second kappa shape index (κ2) is 17.8. The molecule has 148 valence electrons. The van der Waals surface area contributed by atoms with Crippen LogP contribution >= 0.6 is 0 Å². The smallest absolute Gasteiger partial charge is 0.303 e. The van der Waals surface area contributed by atoms with Crippen molar-refractivity contribution in [3.8, 4) is 0 Å². The summed E-state index contributed by atoms with van der Waals surface area (Å²) in [5, 5.41) is 15.8. The summed E-state index contributed by atoms with van der Waals surface area (Å²) in [5.41, 5.74) is 1.19. The molecule has 0 aliphatic heterocycles. The van der Waals surface area contributed by atoms with Crippen LogP contribution in [-0.4, -0.2) is 55.2 Å². The molecule has 0 atom stereocenters. The highest BCUT2D eigenvalue weighted by atomic mass is 16.5. The van der Waals surface area contributed by atoms with Crippen LogP contribution in [0, 0.1) is 0 Å². The molecule has 0 aliphatic carbocycles. The Hall–Kier alpha value is -1.96. The van der Waals surface area contributed by atoms with Crippen molar-refractivity contribution < 1.29 is 34.0 Å². The second-order valence-electron chi connectivity index (χ2n) is 5.40. The van der Waals surface area contributed by atoms with Crippen molar-refractivity contribution in [2.75, 3.05) is 33.0 Å². The van der Waals surface area contributed by atoms with Crippen molar-refractivity contribution in [1.82, 2.24) is 0 Å². The molecular formula is C19H30O7. The predicted octanol–water partition coefficient (Wildman–Crippen LogP) is 2.97. The third-order valence-corrected chi connectivity index (χ3v) is 3.05. The van der Waals surface area contributed by atoms with E-state index in [9.17, 15) is 9.59 Å². The maximum Gasteiger partial charge on any atom is 0.303 e. The Bertz CT molecular complexity index is 448. The van der Waals surface area contributed by atoms with Crippen molar-refractivity contribution in [3.05, 3.63) is 35.9 Å². The van der Waals surface area contributed by atoms with Crippen molar-refractivity contribution in [2.24, 2.45) is 0 Å². The summed E-state index contributed by atoms with van der Waals surface area (Å²) in [7, 11) is 0. The molecule has 7 nitrogen and oxygen atoms in total. The van der Waals surface area contributed by atoms with E-state index >= 15 is 0 Å². The summed E-state index contributed by atoms with van der Waals surface area (Å²) >= 11 is 0. The van der Waals surface area contributed by atoms with Gasteiger partial charge >= 0.3 is 11.9 Å². The molecule has 26 heavy (non-hydrogen) atoms. The maximum atomic E-state index is 9.64. The number of unbranched alkanes of at least 4 members (excludes halogenated alkanes) is 1. The minimum Gasteiger partial charge on any atom is -0.481 e. The van der Waals surface area contributed by atoms with E-state index < -0.39 is 11.9 Å². The molecule has 0 heterocycles. The molecule has 0 bridgehead atoms. The van der Waals surface area contributed by atoms with Crippen molar-refractivity contribution >= 4 is 11.9 Å². The second-order valence-corrected chi connectivity index (χ2v) is 5.40. The number of carbonyl (C=O) groups is 2. The Morgan fingerprint density at radius 1 is 0.808 bits per heavy atom. The van der Waals surface area contributed by atoms with Crippen molar-refractivity contribution in [2.45, 2.75) is 39.2 Å². The number of carboxylic acid groups (broad SMARTS) is 2. The number of rotatable bonds is 14. The van der Waals surface area contributed by atoms with Gasteiger partial charge in [-0.1, -0.05) is 43.7 Å². The van der Waals surface area contributed by atoms with E-state index in [0.29, 0.717) is 33.0 Å². The molecule has 0 unspecified atom stereocenters. The minimum atomic E-state index is -1.08. The standard InChI is InChI=1S/C15H24O3.C4H6O4/c1-2-3-9-16-10-11-17-12-13-18-14-15-7-5-4-6-8-15;5-3(6)1-2-4(7)8/h4-8H,2-3,9-14H2,1H3;1-2H2,(H,5,6)(H,7,8). The lowest BCUT2D eigenvalue weighted by Crippen LogP contribution is -2.09. The normalized spacial score (nSPS) is 10.0. The van der Waals surface area contributed by atoms with Gasteiger partial charge in [0.25, 0.3) is 0 Å². The average Bonchev–Trinajstić information content (AvgIpc) is 2.63. The van der Waals surface area contributed by atoms with Crippen LogP contribution in [0.3, 0.4) is 0 Å². The summed E-state index contributed by atoms with van der Waals surface area (Å²) in [6.45, 7) is 6.23. The third-order valence-electron chi connectivity index (χ3n) is 3.05. The topological polar surface area (TPSA) is 102 Å². The lowest BCUT2D eigenvalue weighted by molar-refractivity contribution is -0.143. The zero-order valence-corrected chi connectivity index (χ0v) is 15.4. The van der Waals surface area contributed by atoms with E-state index in [0.717, 1.165) is 13.0 Å². The Balaban J connectivity index is 0.000000660. The number of ether oxygens (including phenoxy) is 3. The van der Waals surface area contributed by atoms with Gasteiger partial charge in [-0.05, 0) is 12.0 Å². The van der Waals surface area contributed by atoms with Gasteiger partial charge in [-0.25, -0.2) is 0 Å². The summed E-state index contributed by atoms with van der Waals surface area (Å²) in [6, 6.07) is 10.2. The Morgan fingerprint density at radius 3 is 1.81 bits per heavy atom. The molecule has 0 saturated carbocycles. The van der Waals surface area contributed by atoms with E-state index in [1.54, 1.807) is 0 Å². The van der Waals surface area contributed by atoms with Crippen LogP contribution in [0.1, 0.15) is 38.2 Å². The van der Waals surface area contributed by atoms with Gasteiger partial charge in [0.1, 0.15) is 0 Å². The molecule has 0 saturated heterocycles. The molecule has 0 aliphatic rings. The molecule has 1 rings (SSSR count). The van der Waals surface area contributed by atoms with Gasteiger partial charge in [0.2, 0.25) is 0 Å². The average molecular weight is 370 g/mol. The van der Waals surface area contributed by atoms with Gasteiger partial charge < -0.3 is 24.4 Å². The monoisotopic (exact) mass is 370 g/mol. The fourth-order valence-electron chi connectivity index (χ4n) is 1.66. The zero-order valence-electron chi connectivity index (χ0n) is 15.4. The van der Waals surface area contributed by atoms with Crippen molar-refractivity contribution in [3.63, 3.8) is 0 Å². The van der Waals surface area contributed by atoms with Crippen LogP contribution in [0.5, 0.6) is 0 Å². The van der Waals surface area contributed by atoms with Gasteiger partial charge in [0, 0.05) is 6.61 Å². The lowest BCUT2D eigenvalue weighted by atomic mass is 10.2. The summed E-state index contributed by atoms with van der Waals surface area (Å²) < 4.78 is 16.3. The summed E-state index contributed by atoms with van der Waals surface area (Å²) in [6.07, 6.45) is 1.71. The first-order valence-electron chi connectivity index (χ1n) is 8.77. The van der Waals surface area contributed by atoms with Gasteiger partial charge in [-0.2, -0.15) is 0 Å².